The SMILES string of the molecule is CCNC(=NCCCN1C(=O)NC(C)(CC)C1=O)NC(C)c1ccc(CC)cc1. The number of nitrogens with one attached hydrogen (secondary N) is 3. The number of aliphatic imine (C=N–C) groups is 1. The molecule has 1 aromatic rings. The standard InChI is InChI=1S/C22H35N5O2/c1-6-17-10-12-18(13-11-17)16(4)25-20(23-8-3)24-14-9-15-27-19(28)22(5,7-2)26-21(27)29/h10-13,16H,6-9,14-15H2,1-5H3,(H,26,29)(H2,23,24,25). The summed E-state index contributed by atoms with van der Waals surface area (Å²) in [4.78, 5) is 30.4. The molecule has 160 valence electrons. The Labute approximate surface area is 174 Å². The molecule has 2 unspecified atom stereocenters. The second-order valence-electron chi connectivity index (χ2n) is 7.65. The zero-order valence-electron chi connectivity index (χ0n) is 18.3. The minimum atomic E-state index is -0.778. The normalized spacial score (nSPS) is 20.6. The summed E-state index contributed by atoms with van der Waals surface area (Å²) >= 11 is 0. The lowest BCUT2D eigenvalue weighted by atomic mass is 9.99. The highest BCUT2D eigenvalue weighted by Gasteiger charge is 2.45. The van der Waals surface area contributed by atoms with Crippen LogP contribution < -0.4 is 16.0 Å². The highest BCUT2D eigenvalue weighted by molar-refractivity contribution is 6.06. The van der Waals surface area contributed by atoms with Crippen molar-refractivity contribution in [1.82, 2.24) is 20.9 Å². The predicted molar refractivity (Wildman–Crippen MR) is 117 cm³/mol. The molecule has 7 nitrogen and oxygen atoms in total. The van der Waals surface area contributed by atoms with Crippen molar-refractivity contribution in [2.45, 2.75) is 65.5 Å². The molecule has 3 N–H and O–H groups in total. The lowest BCUT2D eigenvalue weighted by Gasteiger charge is -2.19. The van der Waals surface area contributed by atoms with Crippen LogP contribution in [0.1, 0.15) is 64.6 Å². The highest BCUT2D eigenvalue weighted by atomic mass is 16.2. The van der Waals surface area contributed by atoms with Crippen molar-refractivity contribution in [1.29, 1.82) is 0 Å². The van der Waals surface area contributed by atoms with Gasteiger partial charge in [0.2, 0.25) is 0 Å². The van der Waals surface area contributed by atoms with E-state index < -0.39 is 5.54 Å². The Kier molecular flexibility index (Phi) is 8.05. The molecule has 1 fully saturated rings. The fraction of sp³-hybridized carbons (Fsp3) is 0.591. The molecule has 1 aromatic carbocycles. The summed E-state index contributed by atoms with van der Waals surface area (Å²) in [6.45, 7) is 11.6. The average Bonchev–Trinajstić information content (AvgIpc) is 2.94. The van der Waals surface area contributed by atoms with Crippen molar-refractivity contribution in [2.75, 3.05) is 19.6 Å². The Morgan fingerprint density at radius 2 is 1.90 bits per heavy atom. The Morgan fingerprint density at radius 1 is 1.21 bits per heavy atom. The lowest BCUT2D eigenvalue weighted by Crippen LogP contribution is -2.43. The second kappa shape index (κ2) is 10.3. The number of amides is 3. The summed E-state index contributed by atoms with van der Waals surface area (Å²) in [5, 5.41) is 9.45. The van der Waals surface area contributed by atoms with E-state index in [9.17, 15) is 9.59 Å². The zero-order valence-corrected chi connectivity index (χ0v) is 18.3. The Hall–Kier alpha value is -2.57. The number of benzene rings is 1. The second-order valence-corrected chi connectivity index (χ2v) is 7.65. The van der Waals surface area contributed by atoms with Gasteiger partial charge in [0.25, 0.3) is 5.91 Å². The molecule has 0 saturated carbocycles. The average molecular weight is 402 g/mol. The van der Waals surface area contributed by atoms with Crippen LogP contribution in [0.5, 0.6) is 0 Å². The maximum atomic E-state index is 12.4. The van der Waals surface area contributed by atoms with Gasteiger partial charge < -0.3 is 16.0 Å². The van der Waals surface area contributed by atoms with Gasteiger partial charge in [-0.3, -0.25) is 14.7 Å². The number of hydrogen-bond donors (Lipinski definition) is 3. The van der Waals surface area contributed by atoms with E-state index in [0.717, 1.165) is 18.9 Å². The largest absolute Gasteiger partial charge is 0.357 e. The zero-order chi connectivity index (χ0) is 21.4. The van der Waals surface area contributed by atoms with Crippen LogP contribution in [0.25, 0.3) is 0 Å². The third-order valence-corrected chi connectivity index (χ3v) is 5.45. The fourth-order valence-electron chi connectivity index (χ4n) is 3.26. The van der Waals surface area contributed by atoms with Gasteiger partial charge in [0.1, 0.15) is 5.54 Å². The van der Waals surface area contributed by atoms with Gasteiger partial charge in [-0.05, 0) is 51.2 Å². The number of carbonyl (C=O) groups excluding carboxylic acids is 2. The third-order valence-electron chi connectivity index (χ3n) is 5.45. The van der Waals surface area contributed by atoms with Gasteiger partial charge >= 0.3 is 6.03 Å². The predicted octanol–water partition coefficient (Wildman–Crippen LogP) is 2.98. The smallest absolute Gasteiger partial charge is 0.325 e. The molecule has 0 aromatic heterocycles. The van der Waals surface area contributed by atoms with Crippen molar-refractivity contribution < 1.29 is 9.59 Å². The number of nitrogens with zero attached hydrogens (tertiary/aromatic N) is 2. The molecular formula is C22H35N5O2. The molecule has 0 aliphatic carbocycles. The first-order chi connectivity index (χ1) is 13.8. The minimum Gasteiger partial charge on any atom is -0.357 e. The van der Waals surface area contributed by atoms with Crippen molar-refractivity contribution >= 4 is 17.9 Å². The number of urea groups is 1. The molecule has 2 atom stereocenters. The van der Waals surface area contributed by atoms with Crippen molar-refractivity contribution in [3.05, 3.63) is 35.4 Å². The van der Waals surface area contributed by atoms with Gasteiger partial charge in [-0.25, -0.2) is 4.79 Å². The molecule has 0 bridgehead atoms. The number of guanidine groups is 1. The number of hydrogen-bond acceptors (Lipinski definition) is 3. The maximum Gasteiger partial charge on any atom is 0.325 e. The van der Waals surface area contributed by atoms with Crippen LogP contribution in [-0.4, -0.2) is 48.0 Å². The Morgan fingerprint density at radius 3 is 2.45 bits per heavy atom. The van der Waals surface area contributed by atoms with Crippen LogP contribution in [0, 0.1) is 0 Å². The quantitative estimate of drug-likeness (QED) is 0.257. The molecule has 3 amide bonds. The van der Waals surface area contributed by atoms with E-state index in [0.29, 0.717) is 25.9 Å². The summed E-state index contributed by atoms with van der Waals surface area (Å²) < 4.78 is 0. The summed E-state index contributed by atoms with van der Waals surface area (Å²) in [6, 6.07) is 8.40. The van der Waals surface area contributed by atoms with Gasteiger partial charge in [-0.2, -0.15) is 0 Å². The Bertz CT molecular complexity index is 731. The fourth-order valence-corrected chi connectivity index (χ4v) is 3.26. The van der Waals surface area contributed by atoms with Gasteiger partial charge in [-0.15, -0.1) is 0 Å². The topological polar surface area (TPSA) is 85.8 Å². The van der Waals surface area contributed by atoms with Crippen molar-refractivity contribution in [3.8, 4) is 0 Å². The van der Waals surface area contributed by atoms with Crippen LogP contribution in [0.4, 0.5) is 4.79 Å². The van der Waals surface area contributed by atoms with E-state index >= 15 is 0 Å². The first-order valence-corrected chi connectivity index (χ1v) is 10.6. The van der Waals surface area contributed by atoms with Crippen LogP contribution >= 0.6 is 0 Å². The van der Waals surface area contributed by atoms with Crippen LogP contribution in [0.15, 0.2) is 29.3 Å². The van der Waals surface area contributed by atoms with Crippen LogP contribution in [0.2, 0.25) is 0 Å². The third kappa shape index (κ3) is 5.71. The van der Waals surface area contributed by atoms with Gasteiger partial charge in [0.05, 0.1) is 6.04 Å². The number of carbonyl (C=O) groups is 2. The van der Waals surface area contributed by atoms with E-state index in [1.807, 2.05) is 13.8 Å². The van der Waals surface area contributed by atoms with Gasteiger partial charge in [0.15, 0.2) is 5.96 Å². The van der Waals surface area contributed by atoms with Crippen molar-refractivity contribution in [2.24, 2.45) is 4.99 Å². The molecule has 1 aliphatic rings. The summed E-state index contributed by atoms with van der Waals surface area (Å²) in [7, 11) is 0. The van der Waals surface area contributed by atoms with Crippen molar-refractivity contribution in [3.63, 3.8) is 0 Å². The first-order valence-electron chi connectivity index (χ1n) is 10.6. The first kappa shape index (κ1) is 22.7. The minimum absolute atomic E-state index is 0.120. The highest BCUT2D eigenvalue weighted by Crippen LogP contribution is 2.20. The maximum absolute atomic E-state index is 12.4. The molecular weight excluding hydrogens is 366 g/mol. The molecule has 0 radical (unpaired) electrons. The number of rotatable bonds is 9. The van der Waals surface area contributed by atoms with E-state index in [4.69, 9.17) is 0 Å². The summed E-state index contributed by atoms with van der Waals surface area (Å²) in [5.41, 5.74) is 1.74. The van der Waals surface area contributed by atoms with E-state index in [-0.39, 0.29) is 18.0 Å². The molecule has 1 heterocycles. The molecule has 29 heavy (non-hydrogen) atoms. The monoisotopic (exact) mass is 401 g/mol. The van der Waals surface area contributed by atoms with Gasteiger partial charge in [-0.1, -0.05) is 38.1 Å². The molecule has 1 aliphatic heterocycles. The Balaban J connectivity index is 1.90. The van der Waals surface area contributed by atoms with E-state index in [1.54, 1.807) is 6.92 Å². The molecule has 2 rings (SSSR count). The van der Waals surface area contributed by atoms with Crippen LogP contribution in [-0.2, 0) is 11.2 Å². The number of imide groups is 1. The van der Waals surface area contributed by atoms with E-state index in [2.05, 4.69) is 59.1 Å². The van der Waals surface area contributed by atoms with E-state index in [1.165, 1.54) is 16.0 Å². The summed E-state index contributed by atoms with van der Waals surface area (Å²) in [5.74, 6) is 0.582. The number of aryl methyl sites for hydroxylation is 1. The molecule has 1 saturated heterocycles. The molecule has 7 heteroatoms. The molecule has 0 spiro atoms. The lowest BCUT2D eigenvalue weighted by molar-refractivity contribution is -0.130. The van der Waals surface area contributed by atoms with Gasteiger partial charge in [0, 0.05) is 19.6 Å². The summed E-state index contributed by atoms with van der Waals surface area (Å²) in [6.07, 6.45) is 2.23. The van der Waals surface area contributed by atoms with Crippen LogP contribution in [0.3, 0.4) is 0 Å².